The van der Waals surface area contributed by atoms with Gasteiger partial charge in [-0.2, -0.15) is 0 Å². The average molecular weight is 242 g/mol. The Kier molecular flexibility index (Phi) is 8.06. The molecule has 0 aliphatic carbocycles. The zero-order valence-electron chi connectivity index (χ0n) is 11.1. The van der Waals surface area contributed by atoms with Crippen molar-refractivity contribution in [2.45, 2.75) is 70.8 Å². The van der Waals surface area contributed by atoms with Gasteiger partial charge in [0.25, 0.3) is 0 Å². The van der Waals surface area contributed by atoms with Crippen LogP contribution >= 0.6 is 0 Å². The maximum atomic E-state index is 11.5. The van der Waals surface area contributed by atoms with Gasteiger partial charge in [0.15, 0.2) is 6.10 Å². The van der Waals surface area contributed by atoms with Crippen LogP contribution in [0.25, 0.3) is 0 Å². The van der Waals surface area contributed by atoms with E-state index in [1.807, 2.05) is 0 Å². The van der Waals surface area contributed by atoms with Crippen LogP contribution in [0.4, 0.5) is 0 Å². The summed E-state index contributed by atoms with van der Waals surface area (Å²) in [5, 5.41) is 0. The molecule has 3 heteroatoms. The molecule has 1 aliphatic heterocycles. The van der Waals surface area contributed by atoms with Gasteiger partial charge in [0.1, 0.15) is 0 Å². The molecule has 1 fully saturated rings. The van der Waals surface area contributed by atoms with Crippen LogP contribution in [0, 0.1) is 0 Å². The number of esters is 1. The third-order valence-corrected chi connectivity index (χ3v) is 3.23. The number of carbonyl (C=O) groups is 1. The molecule has 1 atom stereocenters. The van der Waals surface area contributed by atoms with Gasteiger partial charge in [-0.1, -0.05) is 44.9 Å². The smallest absolute Gasteiger partial charge is 0.334 e. The van der Waals surface area contributed by atoms with E-state index in [1.54, 1.807) is 6.92 Å². The number of hydrogen-bond acceptors (Lipinski definition) is 3. The second kappa shape index (κ2) is 9.46. The predicted molar refractivity (Wildman–Crippen MR) is 67.9 cm³/mol. The van der Waals surface area contributed by atoms with E-state index in [4.69, 9.17) is 9.47 Å². The number of cyclic esters (lactones) is 1. The standard InChI is InChI=1S/C14H26O3/c1-13-14(15)17-12-10-8-6-4-2-3-5-7-9-11-16-13/h13H,2-12H2,1H3/t13-/m0/s1. The van der Waals surface area contributed by atoms with Crippen molar-refractivity contribution in [2.75, 3.05) is 13.2 Å². The number of hydrogen-bond donors (Lipinski definition) is 0. The molecule has 17 heavy (non-hydrogen) atoms. The quantitative estimate of drug-likeness (QED) is 0.610. The molecular weight excluding hydrogens is 216 g/mol. The Morgan fingerprint density at radius 3 is 1.88 bits per heavy atom. The van der Waals surface area contributed by atoms with E-state index in [0.29, 0.717) is 13.2 Å². The predicted octanol–water partition coefficient (Wildman–Crippen LogP) is 3.46. The molecule has 0 spiro atoms. The van der Waals surface area contributed by atoms with Gasteiger partial charge < -0.3 is 9.47 Å². The summed E-state index contributed by atoms with van der Waals surface area (Å²) in [4.78, 5) is 11.5. The van der Waals surface area contributed by atoms with E-state index in [9.17, 15) is 4.79 Å². The monoisotopic (exact) mass is 242 g/mol. The van der Waals surface area contributed by atoms with Crippen molar-refractivity contribution in [1.29, 1.82) is 0 Å². The normalized spacial score (nSPS) is 26.6. The molecule has 1 heterocycles. The molecular formula is C14H26O3. The average Bonchev–Trinajstić information content (AvgIpc) is 2.34. The van der Waals surface area contributed by atoms with Crippen molar-refractivity contribution < 1.29 is 14.3 Å². The van der Waals surface area contributed by atoms with E-state index in [0.717, 1.165) is 12.8 Å². The molecule has 3 nitrogen and oxygen atoms in total. The largest absolute Gasteiger partial charge is 0.464 e. The van der Waals surface area contributed by atoms with E-state index in [-0.39, 0.29) is 5.97 Å². The second-order valence-electron chi connectivity index (χ2n) is 4.86. The van der Waals surface area contributed by atoms with Crippen LogP contribution in [-0.2, 0) is 14.3 Å². The maximum Gasteiger partial charge on any atom is 0.334 e. The van der Waals surface area contributed by atoms with Gasteiger partial charge in [-0.15, -0.1) is 0 Å². The van der Waals surface area contributed by atoms with E-state index in [1.165, 1.54) is 44.9 Å². The summed E-state index contributed by atoms with van der Waals surface area (Å²) in [5.74, 6) is -0.208. The fourth-order valence-electron chi connectivity index (χ4n) is 2.06. The minimum absolute atomic E-state index is 0.208. The fraction of sp³-hybridized carbons (Fsp3) is 0.929. The summed E-state index contributed by atoms with van der Waals surface area (Å²) in [7, 11) is 0. The second-order valence-corrected chi connectivity index (χ2v) is 4.86. The molecule has 0 unspecified atom stereocenters. The van der Waals surface area contributed by atoms with E-state index >= 15 is 0 Å². The minimum atomic E-state index is -0.403. The molecule has 0 radical (unpaired) electrons. The van der Waals surface area contributed by atoms with Gasteiger partial charge in [0.2, 0.25) is 0 Å². The molecule has 0 aromatic heterocycles. The van der Waals surface area contributed by atoms with Crippen molar-refractivity contribution in [1.82, 2.24) is 0 Å². The number of carbonyl (C=O) groups excluding carboxylic acids is 1. The fourth-order valence-corrected chi connectivity index (χ4v) is 2.06. The summed E-state index contributed by atoms with van der Waals surface area (Å²) in [6.07, 6.45) is 10.6. The molecule has 0 saturated carbocycles. The first kappa shape index (κ1) is 14.5. The zero-order valence-corrected chi connectivity index (χ0v) is 11.1. The molecule has 0 bridgehead atoms. The van der Waals surface area contributed by atoms with Crippen LogP contribution in [0.15, 0.2) is 0 Å². The third kappa shape index (κ3) is 7.37. The molecule has 1 aliphatic rings. The first-order chi connectivity index (χ1) is 8.30. The van der Waals surface area contributed by atoms with Gasteiger partial charge in [-0.3, -0.25) is 0 Å². The van der Waals surface area contributed by atoms with Gasteiger partial charge in [-0.25, -0.2) is 4.79 Å². The van der Waals surface area contributed by atoms with E-state index in [2.05, 4.69) is 0 Å². The number of ether oxygens (including phenoxy) is 2. The van der Waals surface area contributed by atoms with Crippen molar-refractivity contribution in [3.05, 3.63) is 0 Å². The van der Waals surface area contributed by atoms with Crippen LogP contribution in [0.5, 0.6) is 0 Å². The van der Waals surface area contributed by atoms with Crippen molar-refractivity contribution in [2.24, 2.45) is 0 Å². The minimum Gasteiger partial charge on any atom is -0.464 e. The molecule has 0 N–H and O–H groups in total. The lowest BCUT2D eigenvalue weighted by Gasteiger charge is -2.12. The summed E-state index contributed by atoms with van der Waals surface area (Å²) < 4.78 is 10.6. The Bertz CT molecular complexity index is 204. The molecule has 1 saturated heterocycles. The lowest BCUT2D eigenvalue weighted by molar-refractivity contribution is -0.156. The molecule has 100 valence electrons. The summed E-state index contributed by atoms with van der Waals surface area (Å²) in [6, 6.07) is 0. The highest BCUT2D eigenvalue weighted by atomic mass is 16.6. The van der Waals surface area contributed by atoms with Crippen LogP contribution in [0.2, 0.25) is 0 Å². The summed E-state index contributed by atoms with van der Waals surface area (Å²) >= 11 is 0. The van der Waals surface area contributed by atoms with Crippen LogP contribution in [-0.4, -0.2) is 25.3 Å². The lowest BCUT2D eigenvalue weighted by atomic mass is 10.1. The highest BCUT2D eigenvalue weighted by molar-refractivity contribution is 5.74. The first-order valence-electron chi connectivity index (χ1n) is 7.09. The van der Waals surface area contributed by atoms with Gasteiger partial charge >= 0.3 is 5.97 Å². The highest BCUT2D eigenvalue weighted by Crippen LogP contribution is 2.11. The SMILES string of the molecule is C[C@@H]1OCCCCCCCCCCCOC1=O. The summed E-state index contributed by atoms with van der Waals surface area (Å²) in [5.41, 5.74) is 0. The molecule has 0 aromatic carbocycles. The first-order valence-corrected chi connectivity index (χ1v) is 7.09. The lowest BCUT2D eigenvalue weighted by Crippen LogP contribution is -2.24. The Morgan fingerprint density at radius 1 is 0.824 bits per heavy atom. The highest BCUT2D eigenvalue weighted by Gasteiger charge is 2.14. The van der Waals surface area contributed by atoms with Gasteiger partial charge in [0, 0.05) is 6.61 Å². The van der Waals surface area contributed by atoms with Crippen LogP contribution in [0.3, 0.4) is 0 Å². The van der Waals surface area contributed by atoms with Crippen molar-refractivity contribution >= 4 is 5.97 Å². The number of rotatable bonds is 0. The molecule has 1 rings (SSSR count). The Morgan fingerprint density at radius 2 is 1.29 bits per heavy atom. The van der Waals surface area contributed by atoms with Crippen molar-refractivity contribution in [3.63, 3.8) is 0 Å². The van der Waals surface area contributed by atoms with Crippen molar-refractivity contribution in [3.8, 4) is 0 Å². The van der Waals surface area contributed by atoms with Crippen LogP contribution in [0.1, 0.15) is 64.7 Å². The van der Waals surface area contributed by atoms with Gasteiger partial charge in [-0.05, 0) is 19.8 Å². The Hall–Kier alpha value is -0.570. The Labute approximate surface area is 105 Å². The van der Waals surface area contributed by atoms with Crippen LogP contribution < -0.4 is 0 Å². The topological polar surface area (TPSA) is 35.5 Å². The van der Waals surface area contributed by atoms with Gasteiger partial charge in [0.05, 0.1) is 6.61 Å². The third-order valence-electron chi connectivity index (χ3n) is 3.23. The molecule has 0 amide bonds. The Balaban J connectivity index is 2.24. The zero-order chi connectivity index (χ0) is 12.3. The van der Waals surface area contributed by atoms with E-state index < -0.39 is 6.10 Å². The summed E-state index contributed by atoms with van der Waals surface area (Å²) in [6.45, 7) is 3.00. The maximum absolute atomic E-state index is 11.5. The molecule has 0 aromatic rings.